The molecule has 0 saturated carbocycles. The minimum atomic E-state index is 0.105. The SMILES string of the molecule is O=C(CN1CCN(Cc2ccc3c(c2)CCO3)CC1)N1CCC(c2ccccc2)=N1. The molecule has 0 radical (unpaired) electrons. The maximum atomic E-state index is 12.7. The van der Waals surface area contributed by atoms with Crippen molar-refractivity contribution in [3.05, 3.63) is 65.2 Å². The van der Waals surface area contributed by atoms with Crippen molar-refractivity contribution in [3.8, 4) is 5.75 Å². The van der Waals surface area contributed by atoms with Gasteiger partial charge in [0, 0.05) is 45.6 Å². The van der Waals surface area contributed by atoms with Gasteiger partial charge in [0.25, 0.3) is 5.91 Å². The van der Waals surface area contributed by atoms with E-state index in [-0.39, 0.29) is 5.91 Å². The Balaban J connectivity index is 1.10. The minimum Gasteiger partial charge on any atom is -0.493 e. The molecule has 3 aliphatic rings. The predicted molar refractivity (Wildman–Crippen MR) is 117 cm³/mol. The van der Waals surface area contributed by atoms with Crippen LogP contribution in [0.15, 0.2) is 53.6 Å². The summed E-state index contributed by atoms with van der Waals surface area (Å²) in [7, 11) is 0. The van der Waals surface area contributed by atoms with Crippen molar-refractivity contribution in [1.82, 2.24) is 14.8 Å². The van der Waals surface area contributed by atoms with Crippen molar-refractivity contribution in [3.63, 3.8) is 0 Å². The van der Waals surface area contributed by atoms with Crippen molar-refractivity contribution in [2.75, 3.05) is 45.9 Å². The highest BCUT2D eigenvalue weighted by Gasteiger charge is 2.25. The Labute approximate surface area is 177 Å². The number of amides is 1. The minimum absolute atomic E-state index is 0.105. The lowest BCUT2D eigenvalue weighted by Crippen LogP contribution is -2.49. The third-order valence-electron chi connectivity index (χ3n) is 6.18. The largest absolute Gasteiger partial charge is 0.493 e. The molecular weight excluding hydrogens is 376 g/mol. The van der Waals surface area contributed by atoms with Crippen molar-refractivity contribution in [1.29, 1.82) is 0 Å². The van der Waals surface area contributed by atoms with Gasteiger partial charge in [0.2, 0.25) is 0 Å². The van der Waals surface area contributed by atoms with Crippen LogP contribution in [0.1, 0.15) is 23.1 Å². The molecule has 0 unspecified atom stereocenters. The van der Waals surface area contributed by atoms with Gasteiger partial charge in [-0.3, -0.25) is 14.6 Å². The summed E-state index contributed by atoms with van der Waals surface area (Å²) >= 11 is 0. The van der Waals surface area contributed by atoms with Crippen LogP contribution in [0.25, 0.3) is 0 Å². The molecule has 0 bridgehead atoms. The highest BCUT2D eigenvalue weighted by atomic mass is 16.5. The number of piperazine rings is 1. The van der Waals surface area contributed by atoms with Gasteiger partial charge in [-0.25, -0.2) is 5.01 Å². The smallest absolute Gasteiger partial charge is 0.256 e. The van der Waals surface area contributed by atoms with Crippen LogP contribution in [0.3, 0.4) is 0 Å². The quantitative estimate of drug-likeness (QED) is 0.768. The van der Waals surface area contributed by atoms with E-state index < -0.39 is 0 Å². The zero-order valence-electron chi connectivity index (χ0n) is 17.3. The summed E-state index contributed by atoms with van der Waals surface area (Å²) in [6.07, 6.45) is 1.85. The third-order valence-corrected chi connectivity index (χ3v) is 6.18. The number of hydrogen-bond acceptors (Lipinski definition) is 5. The van der Waals surface area contributed by atoms with Crippen LogP contribution in [0.4, 0.5) is 0 Å². The summed E-state index contributed by atoms with van der Waals surface area (Å²) in [6.45, 7) is 6.72. The van der Waals surface area contributed by atoms with Gasteiger partial charge in [-0.05, 0) is 22.8 Å². The van der Waals surface area contributed by atoms with Crippen molar-refractivity contribution >= 4 is 11.6 Å². The second-order valence-corrected chi connectivity index (χ2v) is 8.27. The van der Waals surface area contributed by atoms with Crippen LogP contribution >= 0.6 is 0 Å². The van der Waals surface area contributed by atoms with Crippen LogP contribution in [0.2, 0.25) is 0 Å². The van der Waals surface area contributed by atoms with E-state index in [2.05, 4.69) is 45.2 Å². The van der Waals surface area contributed by atoms with Crippen molar-refractivity contribution in [2.24, 2.45) is 5.10 Å². The fourth-order valence-corrected chi connectivity index (χ4v) is 4.45. The van der Waals surface area contributed by atoms with E-state index in [0.29, 0.717) is 13.1 Å². The summed E-state index contributed by atoms with van der Waals surface area (Å²) in [5.41, 5.74) is 4.80. The first-order valence-electron chi connectivity index (χ1n) is 10.9. The van der Waals surface area contributed by atoms with E-state index in [1.165, 1.54) is 11.1 Å². The molecule has 0 aromatic heterocycles. The van der Waals surface area contributed by atoms with Gasteiger partial charge in [-0.15, -0.1) is 0 Å². The molecule has 0 atom stereocenters. The van der Waals surface area contributed by atoms with E-state index in [1.54, 1.807) is 5.01 Å². The standard InChI is InChI=1S/C24H28N4O2/c29-24(28-10-8-22(25-28)20-4-2-1-3-5-20)18-27-13-11-26(12-14-27)17-19-6-7-23-21(16-19)9-15-30-23/h1-7,16H,8-15,17-18H2. The van der Waals surface area contributed by atoms with Gasteiger partial charge >= 0.3 is 0 Å². The van der Waals surface area contributed by atoms with Crippen LogP contribution in [0, 0.1) is 0 Å². The van der Waals surface area contributed by atoms with Crippen LogP contribution in [0.5, 0.6) is 5.75 Å². The van der Waals surface area contributed by atoms with Gasteiger partial charge < -0.3 is 4.74 Å². The molecule has 5 rings (SSSR count). The van der Waals surface area contributed by atoms with Crippen LogP contribution in [-0.2, 0) is 17.8 Å². The lowest BCUT2D eigenvalue weighted by molar-refractivity contribution is -0.132. The maximum absolute atomic E-state index is 12.7. The first-order valence-corrected chi connectivity index (χ1v) is 10.9. The van der Waals surface area contributed by atoms with Crippen LogP contribution < -0.4 is 4.74 Å². The molecule has 0 N–H and O–H groups in total. The highest BCUT2D eigenvalue weighted by Crippen LogP contribution is 2.26. The number of nitrogens with zero attached hydrogens (tertiary/aromatic N) is 4. The Morgan fingerprint density at radius 1 is 0.933 bits per heavy atom. The molecule has 3 heterocycles. The average Bonchev–Trinajstić information content (AvgIpc) is 3.45. The van der Waals surface area contributed by atoms with Gasteiger partial charge in [0.15, 0.2) is 0 Å². The van der Waals surface area contributed by atoms with Crippen molar-refractivity contribution in [2.45, 2.75) is 19.4 Å². The van der Waals surface area contributed by atoms with Gasteiger partial charge in [-0.2, -0.15) is 5.10 Å². The molecule has 1 amide bonds. The number of benzene rings is 2. The summed E-state index contributed by atoms with van der Waals surface area (Å²) in [5.74, 6) is 1.15. The van der Waals surface area contributed by atoms with Gasteiger partial charge in [0.1, 0.15) is 5.75 Å². The Bertz CT molecular complexity index is 935. The van der Waals surface area contributed by atoms with Crippen molar-refractivity contribution < 1.29 is 9.53 Å². The maximum Gasteiger partial charge on any atom is 0.256 e. The number of carbonyl (C=O) groups is 1. The number of rotatable bonds is 5. The molecule has 6 nitrogen and oxygen atoms in total. The Kier molecular flexibility index (Phi) is 5.51. The molecule has 156 valence electrons. The predicted octanol–water partition coefficient (Wildman–Crippen LogP) is 2.38. The first kappa shape index (κ1) is 19.3. The topological polar surface area (TPSA) is 48.4 Å². The molecule has 1 saturated heterocycles. The number of carbonyl (C=O) groups excluding carboxylic acids is 1. The first-order chi connectivity index (χ1) is 14.7. The zero-order chi connectivity index (χ0) is 20.3. The average molecular weight is 405 g/mol. The molecule has 2 aromatic rings. The van der Waals surface area contributed by atoms with E-state index in [1.807, 2.05) is 18.2 Å². The van der Waals surface area contributed by atoms with Gasteiger partial charge in [0.05, 0.1) is 25.4 Å². The molecule has 0 spiro atoms. The number of fused-ring (bicyclic) bond motifs is 1. The second-order valence-electron chi connectivity index (χ2n) is 8.27. The van der Waals surface area contributed by atoms with E-state index in [4.69, 9.17) is 4.74 Å². The van der Waals surface area contributed by atoms with Gasteiger partial charge in [-0.1, -0.05) is 42.5 Å². The Morgan fingerprint density at radius 3 is 2.57 bits per heavy atom. The lowest BCUT2D eigenvalue weighted by atomic mass is 10.1. The molecule has 0 aliphatic carbocycles. The molecule has 2 aromatic carbocycles. The summed E-state index contributed by atoms with van der Waals surface area (Å²) in [4.78, 5) is 17.5. The van der Waals surface area contributed by atoms with E-state index in [0.717, 1.165) is 69.2 Å². The fourth-order valence-electron chi connectivity index (χ4n) is 4.45. The molecular formula is C24H28N4O2. The third kappa shape index (κ3) is 4.25. The molecule has 3 aliphatic heterocycles. The van der Waals surface area contributed by atoms with Crippen LogP contribution in [-0.4, -0.2) is 72.3 Å². The molecule has 1 fully saturated rings. The summed E-state index contributed by atoms with van der Waals surface area (Å²) in [5, 5.41) is 6.23. The normalized spacial score (nSPS) is 19.5. The highest BCUT2D eigenvalue weighted by molar-refractivity contribution is 6.02. The number of ether oxygens (including phenoxy) is 1. The zero-order valence-corrected chi connectivity index (χ0v) is 17.3. The number of hydrogen-bond donors (Lipinski definition) is 0. The lowest BCUT2D eigenvalue weighted by Gasteiger charge is -2.34. The molecule has 30 heavy (non-hydrogen) atoms. The Hall–Kier alpha value is -2.70. The Morgan fingerprint density at radius 2 is 1.73 bits per heavy atom. The second kappa shape index (κ2) is 8.58. The summed E-state index contributed by atoms with van der Waals surface area (Å²) in [6, 6.07) is 16.7. The van der Waals surface area contributed by atoms with E-state index >= 15 is 0 Å². The summed E-state index contributed by atoms with van der Waals surface area (Å²) < 4.78 is 5.60. The monoisotopic (exact) mass is 404 g/mol. The molecule has 6 heteroatoms. The van der Waals surface area contributed by atoms with E-state index in [9.17, 15) is 4.79 Å². The number of hydrazone groups is 1. The fraction of sp³-hybridized carbons (Fsp3) is 0.417.